The summed E-state index contributed by atoms with van der Waals surface area (Å²) < 4.78 is 5.30. The topological polar surface area (TPSA) is 25.2 Å². The van der Waals surface area contributed by atoms with Crippen LogP contribution in [0.4, 0.5) is 0 Å². The molecule has 68 valence electrons. The minimum absolute atomic E-state index is 0.987. The first-order valence-electron chi connectivity index (χ1n) is 4.10. The maximum atomic E-state index is 5.30. The van der Waals surface area contributed by atoms with E-state index in [0.29, 0.717) is 0 Å². The van der Waals surface area contributed by atoms with E-state index in [9.17, 15) is 0 Å². The van der Waals surface area contributed by atoms with Crippen LogP contribution in [0.1, 0.15) is 11.3 Å². The Morgan fingerprint density at radius 2 is 2.42 bits per heavy atom. The van der Waals surface area contributed by atoms with E-state index in [0.717, 1.165) is 23.8 Å². The van der Waals surface area contributed by atoms with Gasteiger partial charge >= 0.3 is 0 Å². The van der Waals surface area contributed by atoms with E-state index in [1.54, 1.807) is 6.26 Å². The van der Waals surface area contributed by atoms with E-state index in [-0.39, 0.29) is 0 Å². The first-order chi connectivity index (χ1) is 5.84. The molecule has 3 heteroatoms. The molecular formula is C9H15NOS. The number of rotatable bonds is 5. The van der Waals surface area contributed by atoms with Crippen LogP contribution in [0.25, 0.3) is 0 Å². The Labute approximate surface area is 77.7 Å². The second-order valence-corrected chi connectivity index (χ2v) is 3.79. The summed E-state index contributed by atoms with van der Waals surface area (Å²) >= 11 is 1.89. The van der Waals surface area contributed by atoms with Crippen molar-refractivity contribution in [3.8, 4) is 0 Å². The first kappa shape index (κ1) is 9.68. The molecule has 0 atom stereocenters. The van der Waals surface area contributed by atoms with Crippen LogP contribution < -0.4 is 5.32 Å². The van der Waals surface area contributed by atoms with Crippen molar-refractivity contribution < 1.29 is 4.42 Å². The van der Waals surface area contributed by atoms with E-state index >= 15 is 0 Å². The Kier molecular flexibility index (Phi) is 4.25. The van der Waals surface area contributed by atoms with Crippen molar-refractivity contribution in [2.24, 2.45) is 0 Å². The van der Waals surface area contributed by atoms with Gasteiger partial charge in [0.1, 0.15) is 5.76 Å². The van der Waals surface area contributed by atoms with Crippen molar-refractivity contribution in [2.45, 2.75) is 12.7 Å². The summed E-state index contributed by atoms with van der Waals surface area (Å²) in [5, 5.41) is 3.11. The van der Waals surface area contributed by atoms with Crippen LogP contribution in [0.3, 0.4) is 0 Å². The molecule has 0 bridgehead atoms. The molecule has 0 aliphatic carbocycles. The Balaban J connectivity index is 2.20. The van der Waals surface area contributed by atoms with Gasteiger partial charge in [-0.3, -0.25) is 0 Å². The van der Waals surface area contributed by atoms with Crippen LogP contribution in [0.15, 0.2) is 16.7 Å². The standard InChI is InChI=1S/C9H15NOS/c1-8-3-5-11-9(8)7-12-6-4-10-2/h3,5,10H,4,6-7H2,1-2H3. The highest BCUT2D eigenvalue weighted by Gasteiger charge is 2.00. The van der Waals surface area contributed by atoms with Crippen LogP contribution in [-0.4, -0.2) is 19.3 Å². The fourth-order valence-corrected chi connectivity index (χ4v) is 1.86. The minimum Gasteiger partial charge on any atom is -0.468 e. The molecule has 0 aromatic carbocycles. The van der Waals surface area contributed by atoms with Gasteiger partial charge in [0.05, 0.1) is 12.0 Å². The zero-order chi connectivity index (χ0) is 8.81. The Morgan fingerprint density at radius 3 is 3.00 bits per heavy atom. The molecule has 0 saturated carbocycles. The Morgan fingerprint density at radius 1 is 1.58 bits per heavy atom. The van der Waals surface area contributed by atoms with Gasteiger partial charge in [0.2, 0.25) is 0 Å². The summed E-state index contributed by atoms with van der Waals surface area (Å²) in [4.78, 5) is 0. The molecular weight excluding hydrogens is 170 g/mol. The molecule has 0 saturated heterocycles. The van der Waals surface area contributed by atoms with Crippen LogP contribution in [0.2, 0.25) is 0 Å². The summed E-state index contributed by atoms with van der Waals surface area (Å²) in [7, 11) is 1.97. The third kappa shape index (κ3) is 2.91. The fraction of sp³-hybridized carbons (Fsp3) is 0.556. The van der Waals surface area contributed by atoms with Gasteiger partial charge in [0, 0.05) is 12.3 Å². The van der Waals surface area contributed by atoms with Crippen molar-refractivity contribution in [1.29, 1.82) is 0 Å². The second kappa shape index (κ2) is 5.27. The Hall–Kier alpha value is -0.410. The molecule has 0 fully saturated rings. The highest BCUT2D eigenvalue weighted by atomic mass is 32.2. The molecule has 0 aliphatic rings. The molecule has 0 aliphatic heterocycles. The van der Waals surface area contributed by atoms with Crippen LogP contribution in [0, 0.1) is 6.92 Å². The van der Waals surface area contributed by atoms with Gasteiger partial charge in [-0.25, -0.2) is 0 Å². The molecule has 1 heterocycles. The van der Waals surface area contributed by atoms with Crippen molar-refractivity contribution in [1.82, 2.24) is 5.32 Å². The summed E-state index contributed by atoms with van der Waals surface area (Å²) in [5.74, 6) is 3.23. The van der Waals surface area contributed by atoms with Gasteiger partial charge in [0.15, 0.2) is 0 Å². The number of furan rings is 1. The van der Waals surface area contributed by atoms with Gasteiger partial charge in [-0.1, -0.05) is 0 Å². The van der Waals surface area contributed by atoms with Crippen LogP contribution in [0.5, 0.6) is 0 Å². The van der Waals surface area contributed by atoms with Gasteiger partial charge < -0.3 is 9.73 Å². The molecule has 1 rings (SSSR count). The highest BCUT2D eigenvalue weighted by molar-refractivity contribution is 7.98. The fourth-order valence-electron chi connectivity index (χ4n) is 0.891. The van der Waals surface area contributed by atoms with Gasteiger partial charge in [0.25, 0.3) is 0 Å². The van der Waals surface area contributed by atoms with E-state index in [2.05, 4.69) is 12.2 Å². The predicted octanol–water partition coefficient (Wildman–Crippen LogP) is 2.04. The van der Waals surface area contributed by atoms with Crippen molar-refractivity contribution in [3.63, 3.8) is 0 Å². The number of hydrogen-bond donors (Lipinski definition) is 1. The average molecular weight is 185 g/mol. The molecule has 1 N–H and O–H groups in total. The zero-order valence-corrected chi connectivity index (χ0v) is 8.41. The lowest BCUT2D eigenvalue weighted by Crippen LogP contribution is -2.09. The lowest BCUT2D eigenvalue weighted by atomic mass is 10.3. The molecule has 1 aromatic rings. The molecule has 0 spiro atoms. The lowest BCUT2D eigenvalue weighted by molar-refractivity contribution is 0.528. The first-order valence-corrected chi connectivity index (χ1v) is 5.25. The normalized spacial score (nSPS) is 10.5. The van der Waals surface area contributed by atoms with E-state index in [1.807, 2.05) is 24.9 Å². The van der Waals surface area contributed by atoms with Gasteiger partial charge in [-0.2, -0.15) is 11.8 Å². The number of thioether (sulfide) groups is 1. The quantitative estimate of drug-likeness (QED) is 0.711. The maximum Gasteiger partial charge on any atom is 0.116 e. The third-order valence-corrected chi connectivity index (χ3v) is 2.66. The smallest absolute Gasteiger partial charge is 0.116 e. The lowest BCUT2D eigenvalue weighted by Gasteiger charge is -1.99. The van der Waals surface area contributed by atoms with E-state index in [1.165, 1.54) is 5.56 Å². The molecule has 1 aromatic heterocycles. The average Bonchev–Trinajstić information content (AvgIpc) is 2.46. The highest BCUT2D eigenvalue weighted by Crippen LogP contribution is 2.16. The molecule has 0 amide bonds. The maximum absolute atomic E-state index is 5.30. The number of aryl methyl sites for hydroxylation is 1. The van der Waals surface area contributed by atoms with Crippen molar-refractivity contribution in [2.75, 3.05) is 19.3 Å². The van der Waals surface area contributed by atoms with E-state index in [4.69, 9.17) is 4.42 Å². The number of hydrogen-bond acceptors (Lipinski definition) is 3. The summed E-state index contributed by atoms with van der Waals surface area (Å²) in [6.45, 7) is 3.14. The molecule has 0 unspecified atom stereocenters. The SMILES string of the molecule is CNCCSCc1occc1C. The third-order valence-electron chi connectivity index (χ3n) is 1.70. The molecule has 2 nitrogen and oxygen atoms in total. The monoisotopic (exact) mass is 185 g/mol. The van der Waals surface area contributed by atoms with Gasteiger partial charge in [-0.05, 0) is 25.6 Å². The Bertz CT molecular complexity index is 222. The largest absolute Gasteiger partial charge is 0.468 e. The molecule has 0 radical (unpaired) electrons. The summed E-state index contributed by atoms with van der Waals surface area (Å²) in [6, 6.07) is 2.01. The minimum atomic E-state index is 0.987. The van der Waals surface area contributed by atoms with Gasteiger partial charge in [-0.15, -0.1) is 0 Å². The zero-order valence-electron chi connectivity index (χ0n) is 7.59. The summed E-state index contributed by atoms with van der Waals surface area (Å²) in [6.07, 6.45) is 1.75. The van der Waals surface area contributed by atoms with Crippen LogP contribution >= 0.6 is 11.8 Å². The summed E-state index contributed by atoms with van der Waals surface area (Å²) in [5.41, 5.74) is 1.26. The second-order valence-electron chi connectivity index (χ2n) is 2.68. The molecule has 12 heavy (non-hydrogen) atoms. The predicted molar refractivity (Wildman–Crippen MR) is 53.5 cm³/mol. The van der Waals surface area contributed by atoms with E-state index < -0.39 is 0 Å². The van der Waals surface area contributed by atoms with Crippen LogP contribution in [-0.2, 0) is 5.75 Å². The van der Waals surface area contributed by atoms with Crippen molar-refractivity contribution >= 4 is 11.8 Å². The van der Waals surface area contributed by atoms with Crippen molar-refractivity contribution in [3.05, 3.63) is 23.7 Å². The number of nitrogens with one attached hydrogen (secondary N) is 1.